The minimum atomic E-state index is -0.280. The Balaban J connectivity index is 1.44. The molecule has 5 nitrogen and oxygen atoms in total. The van der Waals surface area contributed by atoms with Gasteiger partial charge in [-0.15, -0.1) is 0 Å². The van der Waals surface area contributed by atoms with E-state index in [4.69, 9.17) is 4.74 Å². The zero-order chi connectivity index (χ0) is 26.5. The zero-order valence-corrected chi connectivity index (χ0v) is 23.2. The van der Waals surface area contributed by atoms with E-state index in [2.05, 4.69) is 36.8 Å². The number of aryl methyl sites for hydroxylation is 1. The van der Waals surface area contributed by atoms with Gasteiger partial charge >= 0.3 is 5.97 Å². The van der Waals surface area contributed by atoms with Gasteiger partial charge in [0, 0.05) is 18.0 Å². The molecule has 37 heavy (non-hydrogen) atoms. The molecule has 0 aliphatic heterocycles. The van der Waals surface area contributed by atoms with Crippen LogP contribution in [0.4, 0.5) is 0 Å². The van der Waals surface area contributed by atoms with Crippen molar-refractivity contribution in [3.8, 4) is 23.2 Å². The zero-order valence-electron chi connectivity index (χ0n) is 23.2. The van der Waals surface area contributed by atoms with Gasteiger partial charge in [-0.2, -0.15) is 5.26 Å². The number of nitriles is 1. The Labute approximate surface area is 224 Å². The summed E-state index contributed by atoms with van der Waals surface area (Å²) in [5, 5.41) is 9.79. The summed E-state index contributed by atoms with van der Waals surface area (Å²) in [4.78, 5) is 21.9. The summed E-state index contributed by atoms with van der Waals surface area (Å²) >= 11 is 0. The van der Waals surface area contributed by atoms with Gasteiger partial charge in [0.05, 0.1) is 17.4 Å². The molecule has 0 N–H and O–H groups in total. The first-order valence-corrected chi connectivity index (χ1v) is 14.5. The third-order valence-corrected chi connectivity index (χ3v) is 8.05. The molecule has 200 valence electrons. The van der Waals surface area contributed by atoms with E-state index in [-0.39, 0.29) is 17.3 Å². The van der Waals surface area contributed by atoms with Gasteiger partial charge in [-0.25, -0.2) is 9.97 Å². The fourth-order valence-electron chi connectivity index (χ4n) is 5.37. The second kappa shape index (κ2) is 14.9. The number of carbonyl (C=O) groups is 1. The number of benzene rings is 1. The highest BCUT2D eigenvalue weighted by molar-refractivity contribution is 5.75. The Morgan fingerprint density at radius 3 is 2.24 bits per heavy atom. The summed E-state index contributed by atoms with van der Waals surface area (Å²) in [7, 11) is 0. The summed E-state index contributed by atoms with van der Waals surface area (Å²) in [6.07, 6.45) is 19.0. The number of carbonyl (C=O) groups excluding carboxylic acids is 1. The van der Waals surface area contributed by atoms with Crippen molar-refractivity contribution in [2.75, 3.05) is 0 Å². The quantitative estimate of drug-likeness (QED) is 0.147. The molecule has 1 fully saturated rings. The lowest BCUT2D eigenvalue weighted by molar-refractivity contribution is -0.140. The molecule has 1 aliphatic carbocycles. The molecule has 1 atom stereocenters. The monoisotopic (exact) mass is 503 g/mol. The fraction of sp³-hybridized carbons (Fsp3) is 0.625. The average molecular weight is 504 g/mol. The number of esters is 1. The topological polar surface area (TPSA) is 75.9 Å². The van der Waals surface area contributed by atoms with E-state index >= 15 is 0 Å². The molecule has 1 heterocycles. The maximum Gasteiger partial charge on any atom is 0.314 e. The van der Waals surface area contributed by atoms with Gasteiger partial charge in [0.15, 0.2) is 5.82 Å². The molecule has 5 heteroatoms. The number of hydrogen-bond donors (Lipinski definition) is 0. The Kier molecular flexibility index (Phi) is 11.6. The summed E-state index contributed by atoms with van der Waals surface area (Å²) in [6.45, 7) is 6.63. The molecule has 0 saturated heterocycles. The fourth-order valence-corrected chi connectivity index (χ4v) is 5.37. The molecule has 0 amide bonds. The lowest BCUT2D eigenvalue weighted by Crippen LogP contribution is -2.32. The summed E-state index contributed by atoms with van der Waals surface area (Å²) in [5.41, 5.74) is 1.81. The van der Waals surface area contributed by atoms with Crippen LogP contribution < -0.4 is 4.74 Å². The van der Waals surface area contributed by atoms with E-state index in [1.807, 2.05) is 36.7 Å². The minimum absolute atomic E-state index is 0.134. The van der Waals surface area contributed by atoms with Crippen LogP contribution in [0, 0.1) is 28.6 Å². The molecular weight excluding hydrogens is 458 g/mol. The Bertz CT molecular complexity index is 986. The smallest absolute Gasteiger partial charge is 0.314 e. The van der Waals surface area contributed by atoms with Crippen molar-refractivity contribution in [1.82, 2.24) is 9.97 Å². The number of ether oxygens (including phenoxy) is 1. The van der Waals surface area contributed by atoms with E-state index in [9.17, 15) is 10.1 Å². The summed E-state index contributed by atoms with van der Waals surface area (Å²) < 4.78 is 5.69. The third-order valence-electron chi connectivity index (χ3n) is 8.05. The van der Waals surface area contributed by atoms with Crippen LogP contribution in [0.3, 0.4) is 0 Å². The van der Waals surface area contributed by atoms with E-state index in [1.165, 1.54) is 50.5 Å². The minimum Gasteiger partial charge on any atom is -0.426 e. The molecule has 1 aromatic heterocycles. The summed E-state index contributed by atoms with van der Waals surface area (Å²) in [5.74, 6) is 1.44. The van der Waals surface area contributed by atoms with Gasteiger partial charge in [-0.05, 0) is 80.7 Å². The molecule has 0 bridgehead atoms. The maximum absolute atomic E-state index is 12.8. The lowest BCUT2D eigenvalue weighted by Gasteiger charge is -2.35. The van der Waals surface area contributed by atoms with Gasteiger partial charge < -0.3 is 4.74 Å². The standard InChI is InChI=1S/C32H45N3O2/c1-4-6-7-8-9-10-11-12-26-22-34-30(35-23-26)27-13-15-29(16-14-27)37-31(36)28-17-19-32(24-33,20-18-28)21-25(3)5-2/h13-16,22-23,25,28H,4-12,17-21H2,1-3H3/t25-,28?,32?/m1/s1. The van der Waals surface area contributed by atoms with Crippen molar-refractivity contribution >= 4 is 5.97 Å². The van der Waals surface area contributed by atoms with Crippen molar-refractivity contribution in [2.45, 2.75) is 111 Å². The number of nitrogens with zero attached hydrogens (tertiary/aromatic N) is 3. The van der Waals surface area contributed by atoms with Crippen molar-refractivity contribution < 1.29 is 9.53 Å². The molecule has 3 rings (SSSR count). The van der Waals surface area contributed by atoms with Crippen LogP contribution in [0.1, 0.15) is 110 Å². The van der Waals surface area contributed by atoms with Crippen molar-refractivity contribution in [1.29, 1.82) is 5.26 Å². The third kappa shape index (κ3) is 8.95. The SMILES string of the molecule is CCCCCCCCCc1cnc(-c2ccc(OC(=O)C3CCC(C#N)(C[C@H](C)CC)CC3)cc2)nc1. The molecule has 0 spiro atoms. The maximum atomic E-state index is 12.8. The second-order valence-corrected chi connectivity index (χ2v) is 11.1. The number of aromatic nitrogens is 2. The van der Waals surface area contributed by atoms with Gasteiger partial charge in [-0.3, -0.25) is 4.79 Å². The second-order valence-electron chi connectivity index (χ2n) is 11.1. The first kappa shape index (κ1) is 28.8. The van der Waals surface area contributed by atoms with E-state index < -0.39 is 0 Å². The van der Waals surface area contributed by atoms with Crippen molar-refractivity contribution in [2.24, 2.45) is 17.3 Å². The number of unbranched alkanes of at least 4 members (excludes halogenated alkanes) is 6. The van der Waals surface area contributed by atoms with Gasteiger partial charge in [0.2, 0.25) is 0 Å². The normalized spacial score (nSPS) is 20.2. The first-order chi connectivity index (χ1) is 18.0. The van der Waals surface area contributed by atoms with E-state index in [0.717, 1.165) is 50.5 Å². The lowest BCUT2D eigenvalue weighted by atomic mass is 9.67. The Morgan fingerprint density at radius 1 is 1.03 bits per heavy atom. The Hall–Kier alpha value is -2.74. The van der Waals surface area contributed by atoms with Crippen molar-refractivity contribution in [3.05, 3.63) is 42.2 Å². The number of hydrogen-bond acceptors (Lipinski definition) is 5. The van der Waals surface area contributed by atoms with Crippen LogP contribution in [0.15, 0.2) is 36.7 Å². The molecule has 2 aromatic rings. The average Bonchev–Trinajstić information content (AvgIpc) is 2.93. The highest BCUT2D eigenvalue weighted by Gasteiger charge is 2.39. The Morgan fingerprint density at radius 2 is 1.65 bits per heavy atom. The van der Waals surface area contributed by atoms with Crippen LogP contribution in [0.25, 0.3) is 11.4 Å². The van der Waals surface area contributed by atoms with Crippen LogP contribution in [-0.2, 0) is 11.2 Å². The van der Waals surface area contributed by atoms with E-state index in [0.29, 0.717) is 17.5 Å². The highest BCUT2D eigenvalue weighted by Crippen LogP contribution is 2.43. The van der Waals surface area contributed by atoms with Crippen LogP contribution in [0.5, 0.6) is 5.75 Å². The highest BCUT2D eigenvalue weighted by atomic mass is 16.5. The molecule has 1 aliphatic rings. The van der Waals surface area contributed by atoms with Gasteiger partial charge in [0.25, 0.3) is 0 Å². The molecular formula is C32H45N3O2. The van der Waals surface area contributed by atoms with Crippen LogP contribution in [0.2, 0.25) is 0 Å². The summed E-state index contributed by atoms with van der Waals surface area (Å²) in [6, 6.07) is 10.0. The molecule has 0 unspecified atom stereocenters. The predicted octanol–water partition coefficient (Wildman–Crippen LogP) is 8.48. The van der Waals surface area contributed by atoms with E-state index in [1.54, 1.807) is 0 Å². The van der Waals surface area contributed by atoms with Crippen LogP contribution >= 0.6 is 0 Å². The van der Waals surface area contributed by atoms with Gasteiger partial charge in [0.1, 0.15) is 5.75 Å². The van der Waals surface area contributed by atoms with Gasteiger partial charge in [-0.1, -0.05) is 65.7 Å². The largest absolute Gasteiger partial charge is 0.426 e. The number of rotatable bonds is 14. The molecule has 1 saturated carbocycles. The molecule has 0 radical (unpaired) electrons. The van der Waals surface area contributed by atoms with Crippen LogP contribution in [-0.4, -0.2) is 15.9 Å². The molecule has 1 aromatic carbocycles. The van der Waals surface area contributed by atoms with Crippen molar-refractivity contribution in [3.63, 3.8) is 0 Å². The predicted molar refractivity (Wildman–Crippen MR) is 149 cm³/mol. The first-order valence-electron chi connectivity index (χ1n) is 14.5.